The first-order valence-electron chi connectivity index (χ1n) is 11.5. The lowest BCUT2D eigenvalue weighted by atomic mass is 9.46. The molecule has 7 nitrogen and oxygen atoms in total. The van der Waals surface area contributed by atoms with Gasteiger partial charge in [-0.15, -0.1) is 0 Å². The molecule has 0 bridgehead atoms. The van der Waals surface area contributed by atoms with Crippen LogP contribution in [0.15, 0.2) is 47.6 Å². The zero-order valence-electron chi connectivity index (χ0n) is 19.6. The van der Waals surface area contributed by atoms with Crippen molar-refractivity contribution in [2.75, 3.05) is 5.23 Å². The fourth-order valence-electron chi connectivity index (χ4n) is 6.32. The number of hydrogen-bond donors (Lipinski definition) is 2. The fraction of sp³-hybridized carbons (Fsp3) is 0.538. The van der Waals surface area contributed by atoms with Gasteiger partial charge in [-0.1, -0.05) is 19.4 Å². The van der Waals surface area contributed by atoms with Gasteiger partial charge in [-0.25, -0.2) is 0 Å². The molecule has 0 aliphatic heterocycles. The number of benzene rings is 1. The van der Waals surface area contributed by atoms with Crippen LogP contribution >= 0.6 is 0 Å². The molecule has 4 rings (SSSR count). The monoisotopic (exact) mass is 454 g/mol. The van der Waals surface area contributed by atoms with Crippen molar-refractivity contribution in [2.24, 2.45) is 22.7 Å². The number of ether oxygens (including phenoxy) is 1. The first kappa shape index (κ1) is 23.7. The Kier molecular flexibility index (Phi) is 5.79. The maximum Gasteiger partial charge on any atom is 0.317 e. The third-order valence-electron chi connectivity index (χ3n) is 8.16. The zero-order chi connectivity index (χ0) is 24.2. The van der Waals surface area contributed by atoms with Gasteiger partial charge in [-0.3, -0.25) is 14.8 Å². The van der Waals surface area contributed by atoms with Crippen molar-refractivity contribution >= 4 is 17.4 Å². The molecule has 1 fully saturated rings. The molecule has 0 aromatic heterocycles. The van der Waals surface area contributed by atoms with Gasteiger partial charge in [0.25, 0.3) is 0 Å². The van der Waals surface area contributed by atoms with E-state index in [0.717, 1.165) is 18.4 Å². The molecule has 0 heterocycles. The normalized spacial score (nSPS) is 31.7. The summed E-state index contributed by atoms with van der Waals surface area (Å²) in [5, 5.41) is 30.2. The molecule has 2 N–H and O–H groups in total. The second kappa shape index (κ2) is 8.08. The number of rotatable bonds is 4. The maximum atomic E-state index is 13.4. The molecule has 4 atom stereocenters. The lowest BCUT2D eigenvalue weighted by Gasteiger charge is -2.57. The summed E-state index contributed by atoms with van der Waals surface area (Å²) >= 11 is 0. The Hall–Kier alpha value is -2.48. The van der Waals surface area contributed by atoms with Gasteiger partial charge < -0.3 is 20.3 Å². The highest BCUT2D eigenvalue weighted by Crippen LogP contribution is 2.62. The Bertz CT molecular complexity index is 1020. The summed E-state index contributed by atoms with van der Waals surface area (Å²) in [6.45, 7) is 7.43. The summed E-state index contributed by atoms with van der Waals surface area (Å²) < 4.78 is 5.73. The minimum atomic E-state index is -1.18. The Morgan fingerprint density at radius 1 is 1.21 bits per heavy atom. The molecule has 178 valence electrons. The van der Waals surface area contributed by atoms with Gasteiger partial charge in [0.05, 0.1) is 16.7 Å². The van der Waals surface area contributed by atoms with Crippen molar-refractivity contribution in [3.8, 4) is 5.75 Å². The van der Waals surface area contributed by atoms with Crippen LogP contribution < -0.4 is 9.96 Å². The molecule has 7 heteroatoms. The summed E-state index contributed by atoms with van der Waals surface area (Å²) in [6, 6.07) is 5.75. The first-order chi connectivity index (χ1) is 15.4. The molecule has 1 aromatic carbocycles. The van der Waals surface area contributed by atoms with Crippen molar-refractivity contribution < 1.29 is 24.6 Å². The molecule has 0 amide bonds. The van der Waals surface area contributed by atoms with Crippen molar-refractivity contribution in [3.05, 3.63) is 52.8 Å². The van der Waals surface area contributed by atoms with E-state index in [2.05, 4.69) is 13.0 Å². The van der Waals surface area contributed by atoms with Crippen molar-refractivity contribution in [1.82, 2.24) is 0 Å². The number of Topliss-reactive ketones (excluding diaryl/α,β-unsaturated/α-hetero) is 1. The second-order valence-corrected chi connectivity index (χ2v) is 10.7. The topological polar surface area (TPSA) is 110 Å². The summed E-state index contributed by atoms with van der Waals surface area (Å²) in [5.74, 6) is -0.0109. The van der Waals surface area contributed by atoms with Crippen LogP contribution in [0, 0.1) is 27.9 Å². The standard InChI is InChI=1S/C26H32NO6/c1-24(2,30)20-14-16-6-11-22-25(3,19(16)15-21(20)28)12-5-13-26(22,4)23(29)33-18-9-7-17(8-10-18)27(31)32/h6-10,14,19,22,30-31H,5,11-13,15H2,1-4H3/q-1/t19-,22+,25+,26+/m0/s1. The molecule has 0 spiro atoms. The van der Waals surface area contributed by atoms with Crippen LogP contribution in [0.2, 0.25) is 0 Å². The molecule has 3 aliphatic rings. The minimum absolute atomic E-state index is 0.00847. The number of hydrogen-bond acceptors (Lipinski definition) is 7. The smallest absolute Gasteiger partial charge is 0.317 e. The molecule has 1 saturated carbocycles. The van der Waals surface area contributed by atoms with Gasteiger partial charge in [0, 0.05) is 12.0 Å². The lowest BCUT2D eigenvalue weighted by Crippen LogP contribution is -2.54. The van der Waals surface area contributed by atoms with Crippen LogP contribution in [-0.4, -0.2) is 27.7 Å². The molecule has 3 aliphatic carbocycles. The molecule has 0 saturated heterocycles. The van der Waals surface area contributed by atoms with Gasteiger partial charge >= 0.3 is 5.97 Å². The number of carbonyl (C=O) groups excluding carboxylic acids is 2. The van der Waals surface area contributed by atoms with E-state index >= 15 is 0 Å². The van der Waals surface area contributed by atoms with Crippen LogP contribution in [0.1, 0.15) is 59.8 Å². The van der Waals surface area contributed by atoms with E-state index in [1.807, 2.05) is 13.0 Å². The summed E-state index contributed by atoms with van der Waals surface area (Å²) in [7, 11) is 0. The number of nitrogens with zero attached hydrogens (tertiary/aromatic N) is 1. The number of anilines is 1. The molecular formula is C26H32NO6-. The average Bonchev–Trinajstić information content (AvgIpc) is 2.73. The third kappa shape index (κ3) is 4.03. The van der Waals surface area contributed by atoms with Crippen molar-refractivity contribution in [2.45, 2.75) is 65.4 Å². The van der Waals surface area contributed by atoms with Gasteiger partial charge in [0.2, 0.25) is 0 Å². The highest BCUT2D eigenvalue weighted by molar-refractivity contribution is 5.99. The van der Waals surface area contributed by atoms with E-state index in [0.29, 0.717) is 30.6 Å². The van der Waals surface area contributed by atoms with E-state index in [-0.39, 0.29) is 39.9 Å². The Morgan fingerprint density at radius 2 is 1.88 bits per heavy atom. The minimum Gasteiger partial charge on any atom is -0.733 e. The summed E-state index contributed by atoms with van der Waals surface area (Å²) in [4.78, 5) is 26.4. The van der Waals surface area contributed by atoms with E-state index in [4.69, 9.17) is 9.94 Å². The largest absolute Gasteiger partial charge is 0.733 e. The Morgan fingerprint density at radius 3 is 2.48 bits per heavy atom. The first-order valence-corrected chi connectivity index (χ1v) is 11.5. The molecule has 0 unspecified atom stereocenters. The number of ketones is 1. The average molecular weight is 455 g/mol. The van der Waals surface area contributed by atoms with E-state index < -0.39 is 11.0 Å². The van der Waals surface area contributed by atoms with Gasteiger partial charge in [0.15, 0.2) is 5.78 Å². The van der Waals surface area contributed by atoms with Crippen molar-refractivity contribution in [3.63, 3.8) is 0 Å². The molecule has 33 heavy (non-hydrogen) atoms. The second-order valence-electron chi connectivity index (χ2n) is 10.7. The van der Waals surface area contributed by atoms with E-state index in [1.54, 1.807) is 13.8 Å². The van der Waals surface area contributed by atoms with Gasteiger partial charge in [-0.05, 0) is 93.2 Å². The maximum absolute atomic E-state index is 13.4. The van der Waals surface area contributed by atoms with Crippen LogP contribution in [0.4, 0.5) is 5.69 Å². The zero-order valence-corrected chi connectivity index (χ0v) is 19.6. The quantitative estimate of drug-likeness (QED) is 0.385. The Labute approximate surface area is 194 Å². The van der Waals surface area contributed by atoms with Gasteiger partial charge in [0.1, 0.15) is 5.75 Å². The predicted octanol–water partition coefficient (Wildman–Crippen LogP) is 4.71. The molecule has 1 aromatic rings. The highest BCUT2D eigenvalue weighted by atomic mass is 16.8. The Balaban J connectivity index is 1.62. The molecule has 0 radical (unpaired) electrons. The lowest BCUT2D eigenvalue weighted by molar-refractivity contribution is -0.159. The summed E-state index contributed by atoms with van der Waals surface area (Å²) in [5.41, 5.74) is -0.551. The summed E-state index contributed by atoms with van der Waals surface area (Å²) in [6.07, 6.45) is 7.51. The van der Waals surface area contributed by atoms with Gasteiger partial charge in [-0.2, -0.15) is 0 Å². The number of esters is 1. The predicted molar refractivity (Wildman–Crippen MR) is 123 cm³/mol. The van der Waals surface area contributed by atoms with E-state index in [9.17, 15) is 19.9 Å². The van der Waals surface area contributed by atoms with Crippen molar-refractivity contribution in [1.29, 1.82) is 0 Å². The highest BCUT2D eigenvalue weighted by Gasteiger charge is 2.58. The number of carbonyl (C=O) groups is 2. The number of fused-ring (bicyclic) bond motifs is 3. The number of aliphatic hydroxyl groups is 1. The number of allylic oxidation sites excluding steroid dienone is 3. The third-order valence-corrected chi connectivity index (χ3v) is 8.16. The molecular weight excluding hydrogens is 422 g/mol. The SMILES string of the molecule is CC(C)(O)C1=CC2=CC[C@@H]3[C@](C)(CCC[C@@]3(C)C(=O)Oc3ccc(N([O-])O)cc3)[C@H]2CC1=O. The van der Waals surface area contributed by atoms with Crippen LogP contribution in [0.3, 0.4) is 0 Å². The van der Waals surface area contributed by atoms with Crippen LogP contribution in [0.5, 0.6) is 5.75 Å². The van der Waals surface area contributed by atoms with E-state index in [1.165, 1.54) is 24.3 Å². The van der Waals surface area contributed by atoms with Crippen LogP contribution in [-0.2, 0) is 9.59 Å². The van der Waals surface area contributed by atoms with Crippen LogP contribution in [0.25, 0.3) is 0 Å². The fourth-order valence-corrected chi connectivity index (χ4v) is 6.32.